The molecule has 1 unspecified atom stereocenters. The van der Waals surface area contributed by atoms with Gasteiger partial charge in [0, 0.05) is 24.2 Å². The molecular formula is C26H26N8O4. The van der Waals surface area contributed by atoms with Crippen LogP contribution in [-0.2, 0) is 17.8 Å². The number of aryl methyl sites for hydroxylation is 3. The van der Waals surface area contributed by atoms with Gasteiger partial charge in [-0.3, -0.25) is 9.59 Å². The molecule has 2 aromatic heterocycles. The number of benzene rings is 2. The van der Waals surface area contributed by atoms with E-state index in [4.69, 9.17) is 6.42 Å². The van der Waals surface area contributed by atoms with Gasteiger partial charge in [0.2, 0.25) is 0 Å². The van der Waals surface area contributed by atoms with Crippen molar-refractivity contribution in [2.75, 3.05) is 11.4 Å². The lowest BCUT2D eigenvalue weighted by Crippen LogP contribution is -2.41. The number of rotatable bonds is 10. The van der Waals surface area contributed by atoms with Crippen molar-refractivity contribution >= 4 is 28.5 Å². The Morgan fingerprint density at radius 2 is 1.97 bits per heavy atom. The van der Waals surface area contributed by atoms with E-state index in [9.17, 15) is 19.5 Å². The van der Waals surface area contributed by atoms with Gasteiger partial charge in [-0.05, 0) is 67.8 Å². The van der Waals surface area contributed by atoms with E-state index in [0.29, 0.717) is 41.2 Å². The maximum atomic E-state index is 12.7. The minimum absolute atomic E-state index is 0.109. The molecule has 0 saturated heterocycles. The fourth-order valence-corrected chi connectivity index (χ4v) is 4.06. The number of aromatic amines is 2. The fraction of sp³-hybridized carbons (Fsp3) is 0.269. The summed E-state index contributed by atoms with van der Waals surface area (Å²) in [7, 11) is 0. The summed E-state index contributed by atoms with van der Waals surface area (Å²) in [5.74, 6) is 1.88. The zero-order valence-electron chi connectivity index (χ0n) is 20.9. The monoisotopic (exact) mass is 514 g/mol. The van der Waals surface area contributed by atoms with Gasteiger partial charge in [0.1, 0.15) is 11.9 Å². The van der Waals surface area contributed by atoms with Crippen molar-refractivity contribution in [3.8, 4) is 12.3 Å². The number of terminal acetylenes is 1. The molecule has 2 aromatic carbocycles. The van der Waals surface area contributed by atoms with Crippen LogP contribution in [0, 0.1) is 26.2 Å². The van der Waals surface area contributed by atoms with Crippen LogP contribution in [0.2, 0.25) is 0 Å². The predicted octanol–water partition coefficient (Wildman–Crippen LogP) is 1.51. The van der Waals surface area contributed by atoms with Crippen LogP contribution in [0.3, 0.4) is 0 Å². The van der Waals surface area contributed by atoms with Crippen LogP contribution in [0.4, 0.5) is 5.69 Å². The van der Waals surface area contributed by atoms with E-state index in [1.54, 1.807) is 31.2 Å². The largest absolute Gasteiger partial charge is 0.480 e. The number of nitrogens with one attached hydrogen (secondary N) is 3. The Labute approximate surface area is 217 Å². The highest BCUT2D eigenvalue weighted by atomic mass is 16.4. The van der Waals surface area contributed by atoms with Crippen molar-refractivity contribution in [2.24, 2.45) is 0 Å². The summed E-state index contributed by atoms with van der Waals surface area (Å²) in [4.78, 5) is 45.9. The number of carboxylic acids is 1. The van der Waals surface area contributed by atoms with E-state index >= 15 is 0 Å². The predicted molar refractivity (Wildman–Crippen MR) is 140 cm³/mol. The lowest BCUT2D eigenvalue weighted by Gasteiger charge is -2.24. The minimum Gasteiger partial charge on any atom is -0.480 e. The van der Waals surface area contributed by atoms with Gasteiger partial charge in [-0.25, -0.2) is 9.78 Å². The first-order valence-electron chi connectivity index (χ1n) is 11.8. The van der Waals surface area contributed by atoms with Crippen LogP contribution >= 0.6 is 0 Å². The number of carbonyl (C=O) groups is 2. The summed E-state index contributed by atoms with van der Waals surface area (Å²) in [6.07, 6.45) is 5.97. The molecule has 38 heavy (non-hydrogen) atoms. The summed E-state index contributed by atoms with van der Waals surface area (Å²) in [5, 5.41) is 25.9. The Morgan fingerprint density at radius 1 is 1.21 bits per heavy atom. The minimum atomic E-state index is -1.16. The summed E-state index contributed by atoms with van der Waals surface area (Å²) in [6.45, 7) is 4.41. The maximum Gasteiger partial charge on any atom is 0.326 e. The molecule has 4 aromatic rings. The van der Waals surface area contributed by atoms with Crippen LogP contribution in [0.1, 0.15) is 39.6 Å². The lowest BCUT2D eigenvalue weighted by atomic mass is 10.0. The van der Waals surface area contributed by atoms with E-state index in [1.807, 2.05) is 24.0 Å². The number of nitrogens with zero attached hydrogens (tertiary/aromatic N) is 5. The van der Waals surface area contributed by atoms with Crippen molar-refractivity contribution < 1.29 is 14.7 Å². The molecule has 1 amide bonds. The van der Waals surface area contributed by atoms with Gasteiger partial charge < -0.3 is 20.3 Å². The number of tetrazole rings is 1. The molecule has 4 N–H and O–H groups in total. The molecule has 12 nitrogen and oxygen atoms in total. The van der Waals surface area contributed by atoms with E-state index < -0.39 is 17.9 Å². The second kappa shape index (κ2) is 11.3. The topological polar surface area (TPSA) is 170 Å². The summed E-state index contributed by atoms with van der Waals surface area (Å²) in [5.41, 5.74) is 3.37. The van der Waals surface area contributed by atoms with Gasteiger partial charge in [-0.2, -0.15) is 5.21 Å². The summed E-state index contributed by atoms with van der Waals surface area (Å²) < 4.78 is 0. The molecule has 4 rings (SSSR count). The maximum absolute atomic E-state index is 12.7. The van der Waals surface area contributed by atoms with Gasteiger partial charge >= 0.3 is 5.97 Å². The summed E-state index contributed by atoms with van der Waals surface area (Å²) in [6, 6.07) is 9.29. The number of hydrogen-bond donors (Lipinski definition) is 4. The number of carboxylic acid groups (broad SMARTS) is 1. The standard InChI is InChI=1S/C26H26N8O4/c1-4-11-34(14-18-13-20-22(12-15(18)2)27-16(3)28-25(20)36)19-7-5-17(6-8-19)24(35)29-21(26(37)38)9-10-23-30-32-33-31-23/h1,5-8,12-13,21H,9-11,14H2,2-3H3,(H,29,35)(H,37,38)(H,27,28,36)(H,30,31,32,33). The van der Waals surface area contributed by atoms with E-state index in [1.165, 1.54) is 0 Å². The third-order valence-electron chi connectivity index (χ3n) is 6.07. The number of aromatic nitrogens is 6. The van der Waals surface area contributed by atoms with Crippen LogP contribution in [0.15, 0.2) is 41.2 Å². The van der Waals surface area contributed by atoms with Gasteiger partial charge in [-0.1, -0.05) is 11.1 Å². The molecule has 0 saturated carbocycles. The highest BCUT2D eigenvalue weighted by Gasteiger charge is 2.21. The van der Waals surface area contributed by atoms with E-state index in [2.05, 4.69) is 41.8 Å². The Kier molecular flexibility index (Phi) is 7.77. The smallest absolute Gasteiger partial charge is 0.326 e. The Hall–Kier alpha value is -5.05. The van der Waals surface area contributed by atoms with Crippen molar-refractivity contribution in [1.29, 1.82) is 0 Å². The molecule has 0 aliphatic heterocycles. The second-order valence-corrected chi connectivity index (χ2v) is 8.79. The molecular weight excluding hydrogens is 488 g/mol. The first-order valence-corrected chi connectivity index (χ1v) is 11.8. The third kappa shape index (κ3) is 6.01. The number of anilines is 1. The van der Waals surface area contributed by atoms with Crippen LogP contribution in [-0.4, -0.2) is 60.2 Å². The fourth-order valence-electron chi connectivity index (χ4n) is 4.06. The quantitative estimate of drug-likeness (QED) is 0.229. The molecule has 2 heterocycles. The van der Waals surface area contributed by atoms with Gasteiger partial charge in [0.05, 0.1) is 17.4 Å². The number of H-pyrrole nitrogens is 2. The highest BCUT2D eigenvalue weighted by molar-refractivity contribution is 5.96. The zero-order chi connectivity index (χ0) is 27.2. The molecule has 0 aliphatic rings. The molecule has 0 fully saturated rings. The molecule has 12 heteroatoms. The van der Waals surface area contributed by atoms with E-state index in [0.717, 1.165) is 16.8 Å². The molecule has 0 spiro atoms. The number of fused-ring (bicyclic) bond motifs is 1. The Bertz CT molecular complexity index is 1560. The third-order valence-corrected chi connectivity index (χ3v) is 6.07. The first kappa shape index (κ1) is 26.0. The molecule has 1 atom stereocenters. The summed E-state index contributed by atoms with van der Waals surface area (Å²) >= 11 is 0. The Morgan fingerprint density at radius 3 is 2.63 bits per heavy atom. The van der Waals surface area contributed by atoms with Gasteiger partial charge in [-0.15, -0.1) is 16.6 Å². The number of carbonyl (C=O) groups excluding carboxylic acids is 1. The Balaban J connectivity index is 1.49. The lowest BCUT2D eigenvalue weighted by molar-refractivity contribution is -0.139. The molecule has 194 valence electrons. The van der Waals surface area contributed by atoms with Gasteiger partial charge in [0.15, 0.2) is 5.82 Å². The van der Waals surface area contributed by atoms with E-state index in [-0.39, 0.29) is 18.4 Å². The number of amides is 1. The highest BCUT2D eigenvalue weighted by Crippen LogP contribution is 2.22. The molecule has 0 radical (unpaired) electrons. The van der Waals surface area contributed by atoms with Crippen molar-refractivity contribution in [3.05, 3.63) is 75.1 Å². The number of hydrogen-bond acceptors (Lipinski definition) is 8. The first-order chi connectivity index (χ1) is 18.2. The van der Waals surface area contributed by atoms with Crippen molar-refractivity contribution in [1.82, 2.24) is 35.9 Å². The number of aliphatic carboxylic acids is 1. The molecule has 0 aliphatic carbocycles. The van der Waals surface area contributed by atoms with Crippen LogP contribution < -0.4 is 15.8 Å². The van der Waals surface area contributed by atoms with Crippen LogP contribution in [0.25, 0.3) is 10.9 Å². The zero-order valence-corrected chi connectivity index (χ0v) is 20.9. The van der Waals surface area contributed by atoms with Crippen molar-refractivity contribution in [2.45, 2.75) is 39.3 Å². The average Bonchev–Trinajstić information content (AvgIpc) is 3.40. The second-order valence-electron chi connectivity index (χ2n) is 8.79. The SMILES string of the molecule is C#CCN(Cc1cc2c(=O)[nH]c(C)nc2cc1C)c1ccc(C(=O)NC(CCc2nn[nH]n2)C(=O)O)cc1. The van der Waals surface area contributed by atoms with Crippen molar-refractivity contribution in [3.63, 3.8) is 0 Å². The normalized spacial score (nSPS) is 11.6. The molecule has 0 bridgehead atoms. The van der Waals surface area contributed by atoms with Crippen LogP contribution in [0.5, 0.6) is 0 Å². The average molecular weight is 515 g/mol. The van der Waals surface area contributed by atoms with Gasteiger partial charge in [0.25, 0.3) is 11.5 Å².